The first kappa shape index (κ1) is 13.2. The van der Waals surface area contributed by atoms with Gasteiger partial charge in [-0.05, 0) is 24.6 Å². The third kappa shape index (κ3) is 2.61. The summed E-state index contributed by atoms with van der Waals surface area (Å²) in [5.74, 6) is 3.86. The molecule has 1 amide bonds. The van der Waals surface area contributed by atoms with Crippen LogP contribution in [0.25, 0.3) is 0 Å². The number of carbonyl (C=O) groups is 1. The van der Waals surface area contributed by atoms with Crippen LogP contribution >= 0.6 is 11.8 Å². The number of rotatable bonds is 3. The topological polar surface area (TPSA) is 85.8 Å². The summed E-state index contributed by atoms with van der Waals surface area (Å²) in [5, 5.41) is 4.01. The Morgan fingerprint density at radius 1 is 1.39 bits per heavy atom. The van der Waals surface area contributed by atoms with Gasteiger partial charge in [0.1, 0.15) is 5.82 Å². The van der Waals surface area contributed by atoms with Crippen molar-refractivity contribution < 1.29 is 13.6 Å². The van der Waals surface area contributed by atoms with Crippen LogP contribution in [0.5, 0.6) is 0 Å². The fourth-order valence-corrected chi connectivity index (χ4v) is 2.55. The highest BCUT2D eigenvalue weighted by Gasteiger charge is 2.42. The molecule has 100 valence electrons. The maximum atomic E-state index is 13.4. The van der Waals surface area contributed by atoms with Crippen molar-refractivity contribution in [3.8, 4) is 0 Å². The summed E-state index contributed by atoms with van der Waals surface area (Å²) in [6, 6.07) is 0. The second-order valence-electron chi connectivity index (χ2n) is 3.95. The van der Waals surface area contributed by atoms with Gasteiger partial charge in [-0.2, -0.15) is 8.78 Å². The third-order valence-electron chi connectivity index (χ3n) is 2.69. The van der Waals surface area contributed by atoms with Crippen molar-refractivity contribution in [2.45, 2.75) is 42.6 Å². The summed E-state index contributed by atoms with van der Waals surface area (Å²) in [6.07, 6.45) is 3.63. The lowest BCUT2D eigenvalue weighted by molar-refractivity contribution is -0.134. The lowest BCUT2D eigenvalue weighted by atomic mass is 10.2. The van der Waals surface area contributed by atoms with Gasteiger partial charge in [0.25, 0.3) is 0 Å². The maximum absolute atomic E-state index is 13.4. The number of hydrazine groups is 1. The maximum Gasteiger partial charge on any atom is 0.379 e. The van der Waals surface area contributed by atoms with Crippen LogP contribution in [0.1, 0.15) is 25.1 Å². The van der Waals surface area contributed by atoms with Gasteiger partial charge >= 0.3 is 11.2 Å². The summed E-state index contributed by atoms with van der Waals surface area (Å²) in [5.41, 5.74) is 1.44. The molecule has 2 rings (SSSR count). The molecule has 0 saturated heterocycles. The lowest BCUT2D eigenvalue weighted by Gasteiger charge is -2.13. The Balaban J connectivity index is 2.19. The van der Waals surface area contributed by atoms with Crippen molar-refractivity contribution in [1.82, 2.24) is 20.2 Å². The molecule has 1 aromatic rings. The summed E-state index contributed by atoms with van der Waals surface area (Å²) in [6.45, 7) is 0.602. The van der Waals surface area contributed by atoms with Crippen molar-refractivity contribution in [1.29, 1.82) is 0 Å². The Labute approximate surface area is 106 Å². The Morgan fingerprint density at radius 3 is 2.89 bits per heavy atom. The molecule has 0 radical (unpaired) electrons. The molecule has 0 bridgehead atoms. The molecule has 0 aromatic carbocycles. The molecule has 3 N–H and O–H groups in total. The van der Waals surface area contributed by atoms with Gasteiger partial charge in [-0.1, -0.05) is 6.42 Å². The van der Waals surface area contributed by atoms with Gasteiger partial charge in [0, 0.05) is 13.0 Å². The molecule has 1 aromatic heterocycles. The Morgan fingerprint density at radius 2 is 2.17 bits per heavy atom. The number of nitrogens with two attached hydrogens (primary N) is 1. The van der Waals surface area contributed by atoms with Crippen molar-refractivity contribution in [2.24, 2.45) is 5.84 Å². The predicted molar refractivity (Wildman–Crippen MR) is 60.7 cm³/mol. The molecule has 0 aliphatic carbocycles. The highest BCUT2D eigenvalue weighted by atomic mass is 32.2. The molecule has 0 saturated carbocycles. The molecule has 18 heavy (non-hydrogen) atoms. The van der Waals surface area contributed by atoms with Crippen molar-refractivity contribution in [3.63, 3.8) is 0 Å². The Kier molecular flexibility index (Phi) is 3.81. The van der Waals surface area contributed by atoms with Gasteiger partial charge in [0.15, 0.2) is 5.16 Å². The molecular formula is C9H13F2N5OS. The summed E-state index contributed by atoms with van der Waals surface area (Å²) >= 11 is 0.0731. The minimum atomic E-state index is -3.65. The van der Waals surface area contributed by atoms with E-state index in [0.717, 1.165) is 25.7 Å². The molecule has 0 fully saturated rings. The summed E-state index contributed by atoms with van der Waals surface area (Å²) in [4.78, 5) is 10.9. The van der Waals surface area contributed by atoms with Gasteiger partial charge in [0.05, 0.1) is 0 Å². The first-order chi connectivity index (χ1) is 8.54. The average molecular weight is 277 g/mol. The number of fused-ring (bicyclic) bond motifs is 1. The minimum absolute atomic E-state index is 0.0560. The molecule has 1 aliphatic heterocycles. The first-order valence-electron chi connectivity index (χ1n) is 5.54. The van der Waals surface area contributed by atoms with Gasteiger partial charge in [-0.25, -0.2) is 5.84 Å². The SMILES string of the molecule is NNC(=O)C(F)(F)Sc1nnc2n1CCCCC2. The normalized spacial score (nSPS) is 15.9. The van der Waals surface area contributed by atoms with E-state index in [1.807, 2.05) is 0 Å². The highest BCUT2D eigenvalue weighted by molar-refractivity contribution is 8.00. The Bertz CT molecular complexity index is 450. The number of thioether (sulfide) groups is 1. The zero-order valence-corrected chi connectivity index (χ0v) is 10.3. The molecule has 2 heterocycles. The monoisotopic (exact) mass is 277 g/mol. The second kappa shape index (κ2) is 5.19. The van der Waals surface area contributed by atoms with Gasteiger partial charge < -0.3 is 4.57 Å². The highest BCUT2D eigenvalue weighted by Crippen LogP contribution is 2.35. The van der Waals surface area contributed by atoms with E-state index in [1.165, 1.54) is 5.43 Å². The fourth-order valence-electron chi connectivity index (χ4n) is 1.78. The van der Waals surface area contributed by atoms with Crippen LogP contribution in [0, 0.1) is 0 Å². The molecule has 9 heteroatoms. The quantitative estimate of drug-likeness (QED) is 0.367. The van der Waals surface area contributed by atoms with E-state index >= 15 is 0 Å². The lowest BCUT2D eigenvalue weighted by Crippen LogP contribution is -2.41. The number of halogens is 2. The molecule has 0 unspecified atom stereocenters. The van der Waals surface area contributed by atoms with Crippen molar-refractivity contribution in [2.75, 3.05) is 0 Å². The van der Waals surface area contributed by atoms with Gasteiger partial charge in [0.2, 0.25) is 0 Å². The molecule has 6 nitrogen and oxygen atoms in total. The summed E-state index contributed by atoms with van der Waals surface area (Å²) < 4.78 is 28.5. The molecule has 0 atom stereocenters. The van der Waals surface area contributed by atoms with E-state index in [0.29, 0.717) is 12.4 Å². The van der Waals surface area contributed by atoms with Crippen molar-refractivity contribution >= 4 is 17.7 Å². The van der Waals surface area contributed by atoms with E-state index < -0.39 is 11.2 Å². The number of aromatic nitrogens is 3. The number of nitrogens with zero attached hydrogens (tertiary/aromatic N) is 3. The molecular weight excluding hydrogens is 264 g/mol. The van der Waals surface area contributed by atoms with Gasteiger partial charge in [-0.15, -0.1) is 10.2 Å². The van der Waals surface area contributed by atoms with Crippen LogP contribution in [0.2, 0.25) is 0 Å². The fraction of sp³-hybridized carbons (Fsp3) is 0.667. The van der Waals surface area contributed by atoms with E-state index in [1.54, 1.807) is 4.57 Å². The number of amides is 1. The van der Waals surface area contributed by atoms with Crippen LogP contribution in [-0.4, -0.2) is 25.9 Å². The van der Waals surface area contributed by atoms with Crippen LogP contribution in [0.4, 0.5) is 8.78 Å². The van der Waals surface area contributed by atoms with Crippen LogP contribution in [0.3, 0.4) is 0 Å². The number of hydrogen-bond acceptors (Lipinski definition) is 5. The standard InChI is InChI=1S/C9H13F2N5OS/c10-9(11,7(17)13-12)18-8-15-14-6-4-2-1-3-5-16(6)8/h1-5,12H2,(H,13,17). The number of nitrogens with one attached hydrogen (secondary N) is 1. The predicted octanol–water partition coefficient (Wildman–Crippen LogP) is 0.679. The van der Waals surface area contributed by atoms with Crippen molar-refractivity contribution in [3.05, 3.63) is 5.82 Å². The first-order valence-corrected chi connectivity index (χ1v) is 6.36. The second-order valence-corrected chi connectivity index (χ2v) is 5.04. The van der Waals surface area contributed by atoms with Crippen LogP contribution in [-0.2, 0) is 17.8 Å². The smallest absolute Gasteiger partial charge is 0.306 e. The number of aryl methyl sites for hydroxylation is 1. The van der Waals surface area contributed by atoms with Crippen LogP contribution in [0.15, 0.2) is 5.16 Å². The average Bonchev–Trinajstić information content (AvgIpc) is 2.58. The van der Waals surface area contributed by atoms with Gasteiger partial charge in [-0.3, -0.25) is 10.2 Å². The largest absolute Gasteiger partial charge is 0.379 e. The summed E-state index contributed by atoms with van der Waals surface area (Å²) in [7, 11) is 0. The number of hydrogen-bond donors (Lipinski definition) is 2. The minimum Gasteiger partial charge on any atom is -0.306 e. The zero-order chi connectivity index (χ0) is 13.2. The number of carbonyl (C=O) groups excluding carboxylic acids is 1. The van der Waals surface area contributed by atoms with E-state index in [2.05, 4.69) is 10.2 Å². The van der Waals surface area contributed by atoms with Crippen LogP contribution < -0.4 is 11.3 Å². The molecule has 0 spiro atoms. The van der Waals surface area contributed by atoms with E-state index in [-0.39, 0.29) is 16.9 Å². The van der Waals surface area contributed by atoms with E-state index in [9.17, 15) is 13.6 Å². The third-order valence-corrected chi connectivity index (χ3v) is 3.62. The Hall–Kier alpha value is -1.22. The van der Waals surface area contributed by atoms with E-state index in [4.69, 9.17) is 5.84 Å². The number of alkyl halides is 2. The molecule has 1 aliphatic rings. The zero-order valence-electron chi connectivity index (χ0n) is 9.53.